The normalized spacial score (nSPS) is 11.5. The lowest BCUT2D eigenvalue weighted by atomic mass is 10.1. The van der Waals surface area contributed by atoms with Crippen molar-refractivity contribution >= 4 is 15.8 Å². The molecule has 0 radical (unpaired) electrons. The van der Waals surface area contributed by atoms with Gasteiger partial charge in [-0.3, -0.25) is 4.98 Å². The minimum absolute atomic E-state index is 0.188. The molecular formula is C14H13N3O4S. The number of hydrogen-bond donors (Lipinski definition) is 0. The minimum atomic E-state index is -3.58. The number of benzene rings is 1. The first-order chi connectivity index (χ1) is 10.5. The summed E-state index contributed by atoms with van der Waals surface area (Å²) in [5, 5.41) is 0. The van der Waals surface area contributed by atoms with E-state index in [-0.39, 0.29) is 5.75 Å². The zero-order chi connectivity index (χ0) is 15.7. The molecule has 0 fully saturated rings. The van der Waals surface area contributed by atoms with Gasteiger partial charge in [0.05, 0.1) is 25.3 Å². The summed E-state index contributed by atoms with van der Waals surface area (Å²) in [4.78, 5) is 8.47. The van der Waals surface area contributed by atoms with Crippen LogP contribution in [-0.4, -0.2) is 36.2 Å². The smallest absolute Gasteiger partial charge is 0.306 e. The van der Waals surface area contributed by atoms with Crippen molar-refractivity contribution in [3.05, 3.63) is 43.0 Å². The van der Waals surface area contributed by atoms with E-state index in [0.717, 1.165) is 11.8 Å². The number of ether oxygens (including phenoxy) is 1. The van der Waals surface area contributed by atoms with E-state index in [1.807, 2.05) is 10.6 Å². The molecule has 0 bridgehead atoms. The predicted octanol–water partition coefficient (Wildman–Crippen LogP) is 1.74. The second-order valence-corrected chi connectivity index (χ2v) is 6.19. The number of rotatable bonds is 4. The zero-order valence-electron chi connectivity index (χ0n) is 11.9. The van der Waals surface area contributed by atoms with Gasteiger partial charge in [0.2, 0.25) is 0 Å². The SMILES string of the molecule is COc1cc(OS(C)(=O)=O)ccc1-c1cn2ccncc2n1. The number of nitrogens with zero attached hydrogens (tertiary/aromatic N) is 3. The Hall–Kier alpha value is -2.61. The van der Waals surface area contributed by atoms with Crippen LogP contribution in [0.2, 0.25) is 0 Å². The quantitative estimate of drug-likeness (QED) is 0.681. The average molecular weight is 319 g/mol. The van der Waals surface area contributed by atoms with Crippen LogP contribution in [0.25, 0.3) is 16.9 Å². The lowest BCUT2D eigenvalue weighted by Crippen LogP contribution is -2.05. The summed E-state index contributed by atoms with van der Waals surface area (Å²) in [5.41, 5.74) is 2.12. The van der Waals surface area contributed by atoms with Gasteiger partial charge in [0, 0.05) is 30.2 Å². The second-order valence-electron chi connectivity index (χ2n) is 4.62. The maximum atomic E-state index is 11.2. The van der Waals surface area contributed by atoms with Crippen LogP contribution >= 0.6 is 0 Å². The van der Waals surface area contributed by atoms with Gasteiger partial charge in [-0.1, -0.05) is 0 Å². The maximum absolute atomic E-state index is 11.2. The monoisotopic (exact) mass is 319 g/mol. The molecule has 0 aliphatic heterocycles. The lowest BCUT2D eigenvalue weighted by molar-refractivity contribution is 0.413. The van der Waals surface area contributed by atoms with Gasteiger partial charge in [-0.15, -0.1) is 0 Å². The predicted molar refractivity (Wildman–Crippen MR) is 80.4 cm³/mol. The molecule has 0 aliphatic rings. The third kappa shape index (κ3) is 2.86. The van der Waals surface area contributed by atoms with E-state index >= 15 is 0 Å². The molecule has 0 spiro atoms. The van der Waals surface area contributed by atoms with Crippen LogP contribution in [-0.2, 0) is 10.1 Å². The molecule has 114 valence electrons. The third-order valence-electron chi connectivity index (χ3n) is 2.96. The van der Waals surface area contributed by atoms with Crippen molar-refractivity contribution in [2.24, 2.45) is 0 Å². The van der Waals surface area contributed by atoms with Crippen LogP contribution in [0.4, 0.5) is 0 Å². The highest BCUT2D eigenvalue weighted by molar-refractivity contribution is 7.86. The molecule has 3 aromatic rings. The summed E-state index contributed by atoms with van der Waals surface area (Å²) < 4.78 is 34.4. The van der Waals surface area contributed by atoms with Crippen molar-refractivity contribution in [1.82, 2.24) is 14.4 Å². The zero-order valence-corrected chi connectivity index (χ0v) is 12.7. The molecule has 0 amide bonds. The minimum Gasteiger partial charge on any atom is -0.496 e. The van der Waals surface area contributed by atoms with E-state index in [4.69, 9.17) is 8.92 Å². The Balaban J connectivity index is 2.06. The molecule has 0 saturated carbocycles. The Labute approximate surface area is 127 Å². The summed E-state index contributed by atoms with van der Waals surface area (Å²) in [6.45, 7) is 0. The molecule has 3 rings (SSSR count). The van der Waals surface area contributed by atoms with Gasteiger partial charge in [0.15, 0.2) is 5.65 Å². The van der Waals surface area contributed by atoms with E-state index in [2.05, 4.69) is 9.97 Å². The third-order valence-corrected chi connectivity index (χ3v) is 3.46. The average Bonchev–Trinajstić information content (AvgIpc) is 2.89. The van der Waals surface area contributed by atoms with Crippen LogP contribution in [0.1, 0.15) is 0 Å². The molecule has 22 heavy (non-hydrogen) atoms. The van der Waals surface area contributed by atoms with Crippen molar-refractivity contribution in [1.29, 1.82) is 0 Å². The summed E-state index contributed by atoms with van der Waals surface area (Å²) >= 11 is 0. The summed E-state index contributed by atoms with van der Waals surface area (Å²) in [6.07, 6.45) is 7.93. The van der Waals surface area contributed by atoms with Gasteiger partial charge in [-0.25, -0.2) is 4.98 Å². The highest BCUT2D eigenvalue weighted by atomic mass is 32.2. The summed E-state index contributed by atoms with van der Waals surface area (Å²) in [6, 6.07) is 4.77. The number of imidazole rings is 1. The first kappa shape index (κ1) is 14.3. The van der Waals surface area contributed by atoms with Crippen molar-refractivity contribution in [3.8, 4) is 22.8 Å². The molecule has 7 nitrogen and oxygen atoms in total. The Bertz CT molecular complexity index is 901. The lowest BCUT2D eigenvalue weighted by Gasteiger charge is -2.09. The number of fused-ring (bicyclic) bond motifs is 1. The molecule has 0 saturated heterocycles. The fraction of sp³-hybridized carbons (Fsp3) is 0.143. The number of hydrogen-bond acceptors (Lipinski definition) is 6. The van der Waals surface area contributed by atoms with Gasteiger partial charge in [0.25, 0.3) is 0 Å². The maximum Gasteiger partial charge on any atom is 0.306 e. The van der Waals surface area contributed by atoms with Crippen molar-refractivity contribution in [3.63, 3.8) is 0 Å². The number of aromatic nitrogens is 3. The standard InChI is InChI=1S/C14H13N3O4S/c1-20-13-7-10(21-22(2,18)19)3-4-11(13)12-9-17-6-5-15-8-14(17)16-12/h3-9H,1-2H3. The Morgan fingerprint density at radius 3 is 2.77 bits per heavy atom. The highest BCUT2D eigenvalue weighted by Crippen LogP contribution is 2.33. The van der Waals surface area contributed by atoms with Crippen LogP contribution < -0.4 is 8.92 Å². The molecule has 0 aliphatic carbocycles. The Morgan fingerprint density at radius 2 is 2.09 bits per heavy atom. The van der Waals surface area contributed by atoms with Crippen molar-refractivity contribution in [2.75, 3.05) is 13.4 Å². The molecular weight excluding hydrogens is 306 g/mol. The molecule has 2 heterocycles. The molecule has 2 aromatic heterocycles. The Morgan fingerprint density at radius 1 is 1.27 bits per heavy atom. The van der Waals surface area contributed by atoms with Crippen molar-refractivity contribution < 1.29 is 17.3 Å². The second kappa shape index (κ2) is 5.30. The van der Waals surface area contributed by atoms with Gasteiger partial charge < -0.3 is 13.3 Å². The molecule has 8 heteroatoms. The fourth-order valence-electron chi connectivity index (χ4n) is 2.08. The summed E-state index contributed by atoms with van der Waals surface area (Å²) in [7, 11) is -2.08. The van der Waals surface area contributed by atoms with E-state index in [9.17, 15) is 8.42 Å². The largest absolute Gasteiger partial charge is 0.496 e. The van der Waals surface area contributed by atoms with Gasteiger partial charge in [-0.2, -0.15) is 8.42 Å². The molecule has 0 atom stereocenters. The fourth-order valence-corrected chi connectivity index (χ4v) is 2.54. The van der Waals surface area contributed by atoms with E-state index in [1.165, 1.54) is 13.2 Å². The highest BCUT2D eigenvalue weighted by Gasteiger charge is 2.13. The van der Waals surface area contributed by atoms with Crippen molar-refractivity contribution in [2.45, 2.75) is 0 Å². The van der Waals surface area contributed by atoms with Gasteiger partial charge >= 0.3 is 10.1 Å². The first-order valence-electron chi connectivity index (χ1n) is 6.33. The Kier molecular flexibility index (Phi) is 3.45. The topological polar surface area (TPSA) is 82.8 Å². The van der Waals surface area contributed by atoms with E-state index < -0.39 is 10.1 Å². The van der Waals surface area contributed by atoms with Gasteiger partial charge in [0.1, 0.15) is 11.5 Å². The van der Waals surface area contributed by atoms with Crippen LogP contribution in [0.15, 0.2) is 43.0 Å². The van der Waals surface area contributed by atoms with E-state index in [0.29, 0.717) is 17.1 Å². The van der Waals surface area contributed by atoms with Crippen LogP contribution in [0.3, 0.4) is 0 Å². The van der Waals surface area contributed by atoms with Crippen LogP contribution in [0.5, 0.6) is 11.5 Å². The summed E-state index contributed by atoms with van der Waals surface area (Å²) in [5.74, 6) is 0.658. The number of methoxy groups -OCH3 is 1. The molecule has 1 aromatic carbocycles. The van der Waals surface area contributed by atoms with Gasteiger partial charge in [-0.05, 0) is 12.1 Å². The first-order valence-corrected chi connectivity index (χ1v) is 8.14. The van der Waals surface area contributed by atoms with Crippen LogP contribution in [0, 0.1) is 0 Å². The van der Waals surface area contributed by atoms with E-state index in [1.54, 1.807) is 30.7 Å². The molecule has 0 N–H and O–H groups in total. The molecule has 0 unspecified atom stereocenters.